The number of hydrogen-bond donors (Lipinski definition) is 3. The lowest BCUT2D eigenvalue weighted by Crippen LogP contribution is -2.54. The molecule has 0 aromatic carbocycles. The molecule has 1 rings (SSSR count). The number of rotatable bonds is 7. The van der Waals surface area contributed by atoms with Crippen LogP contribution in [0.3, 0.4) is 0 Å². The summed E-state index contributed by atoms with van der Waals surface area (Å²) in [5.41, 5.74) is -0.702. The molecular weight excluding hydrogens is 280 g/mol. The first-order valence-corrected chi connectivity index (χ1v) is 6.51. The second-order valence-corrected chi connectivity index (χ2v) is 4.93. The van der Waals surface area contributed by atoms with E-state index in [1.54, 1.807) is 6.92 Å². The van der Waals surface area contributed by atoms with Gasteiger partial charge in [-0.25, -0.2) is 0 Å². The molecule has 0 aliphatic carbocycles. The molecule has 1 amide bonds. The molecule has 0 unspecified atom stereocenters. The Bertz CT molecular complexity index is 528. The Hall–Kier alpha value is -2.00. The second kappa shape index (κ2) is 6.64. The first kappa shape index (κ1) is 17.1. The van der Waals surface area contributed by atoms with Gasteiger partial charge >= 0.3 is 5.69 Å². The number of carbonyl (C=O) groups is 1. The fourth-order valence-electron chi connectivity index (χ4n) is 2.02. The molecule has 1 aromatic heterocycles. The van der Waals surface area contributed by atoms with Crippen LogP contribution < -0.4 is 5.32 Å². The number of nitrogens with one attached hydrogen (secondary N) is 1. The van der Waals surface area contributed by atoms with Gasteiger partial charge < -0.3 is 15.5 Å². The molecule has 0 fully saturated rings. The van der Waals surface area contributed by atoms with Crippen molar-refractivity contribution in [2.75, 3.05) is 13.2 Å². The van der Waals surface area contributed by atoms with Gasteiger partial charge in [0.1, 0.15) is 17.9 Å². The number of aromatic nitrogens is 2. The molecule has 0 aliphatic heterocycles. The van der Waals surface area contributed by atoms with Gasteiger partial charge in [-0.3, -0.25) is 19.6 Å². The average molecular weight is 300 g/mol. The third-order valence-electron chi connectivity index (χ3n) is 3.51. The Morgan fingerprint density at radius 1 is 1.43 bits per heavy atom. The van der Waals surface area contributed by atoms with Gasteiger partial charge in [-0.2, -0.15) is 5.10 Å². The van der Waals surface area contributed by atoms with Crippen molar-refractivity contribution in [1.82, 2.24) is 15.1 Å². The van der Waals surface area contributed by atoms with Gasteiger partial charge in [-0.15, -0.1) is 0 Å². The summed E-state index contributed by atoms with van der Waals surface area (Å²) in [5, 5.41) is 36.0. The zero-order chi connectivity index (χ0) is 16.2. The number of aliphatic hydroxyl groups is 2. The largest absolute Gasteiger partial charge is 0.394 e. The first-order chi connectivity index (χ1) is 9.80. The molecule has 0 spiro atoms. The molecule has 0 saturated heterocycles. The van der Waals surface area contributed by atoms with Crippen molar-refractivity contribution < 1.29 is 19.9 Å². The van der Waals surface area contributed by atoms with E-state index in [9.17, 15) is 25.1 Å². The zero-order valence-corrected chi connectivity index (χ0v) is 12.3. The summed E-state index contributed by atoms with van der Waals surface area (Å²) >= 11 is 0. The number of hydrogen-bond acceptors (Lipinski definition) is 6. The highest BCUT2D eigenvalue weighted by molar-refractivity contribution is 5.76. The SMILES string of the molecule is CCC(CO)(CO)NC(=O)Cn1nc(C)c([N+](=O)[O-])c1C. The third kappa shape index (κ3) is 3.56. The van der Waals surface area contributed by atoms with Gasteiger partial charge in [-0.05, 0) is 20.3 Å². The summed E-state index contributed by atoms with van der Waals surface area (Å²) in [6.07, 6.45) is 0.350. The Labute approximate surface area is 121 Å². The van der Waals surface area contributed by atoms with Gasteiger partial charge in [0.25, 0.3) is 0 Å². The van der Waals surface area contributed by atoms with Crippen LogP contribution in [0.15, 0.2) is 0 Å². The standard InChI is InChI=1S/C12H20N4O5/c1-4-12(6-17,7-18)13-10(19)5-15-9(3)11(16(20)21)8(2)14-15/h17-18H,4-7H2,1-3H3,(H,13,19). The summed E-state index contributed by atoms with van der Waals surface area (Å²) in [6.45, 7) is 3.71. The van der Waals surface area contributed by atoms with Crippen LogP contribution in [0.5, 0.6) is 0 Å². The van der Waals surface area contributed by atoms with E-state index in [4.69, 9.17) is 0 Å². The van der Waals surface area contributed by atoms with Gasteiger partial charge in [0.15, 0.2) is 0 Å². The predicted octanol–water partition coefficient (Wildman–Crippen LogP) is -0.342. The summed E-state index contributed by atoms with van der Waals surface area (Å²) in [7, 11) is 0. The molecule has 0 bridgehead atoms. The molecular formula is C12H20N4O5. The molecule has 1 heterocycles. The summed E-state index contributed by atoms with van der Waals surface area (Å²) in [6, 6.07) is 0. The third-order valence-corrected chi connectivity index (χ3v) is 3.51. The Kier molecular flexibility index (Phi) is 5.39. The maximum atomic E-state index is 12.0. The molecule has 21 heavy (non-hydrogen) atoms. The fraction of sp³-hybridized carbons (Fsp3) is 0.667. The topological polar surface area (TPSA) is 131 Å². The highest BCUT2D eigenvalue weighted by Gasteiger charge is 2.29. The lowest BCUT2D eigenvalue weighted by Gasteiger charge is -2.29. The lowest BCUT2D eigenvalue weighted by molar-refractivity contribution is -0.386. The number of nitrogens with zero attached hydrogens (tertiary/aromatic N) is 3. The molecule has 3 N–H and O–H groups in total. The van der Waals surface area contributed by atoms with E-state index < -0.39 is 29.6 Å². The fourth-order valence-corrected chi connectivity index (χ4v) is 2.02. The molecule has 1 aromatic rings. The van der Waals surface area contributed by atoms with Gasteiger partial charge in [-0.1, -0.05) is 6.92 Å². The Morgan fingerprint density at radius 3 is 2.38 bits per heavy atom. The van der Waals surface area contributed by atoms with Crippen LogP contribution >= 0.6 is 0 Å². The minimum Gasteiger partial charge on any atom is -0.394 e. The van der Waals surface area contributed by atoms with Crippen molar-refractivity contribution in [3.8, 4) is 0 Å². The average Bonchev–Trinajstić information content (AvgIpc) is 2.70. The zero-order valence-electron chi connectivity index (χ0n) is 12.3. The molecule has 0 saturated carbocycles. The van der Waals surface area contributed by atoms with Crippen LogP contribution in [-0.4, -0.2) is 49.6 Å². The van der Waals surface area contributed by atoms with Gasteiger partial charge in [0.2, 0.25) is 5.91 Å². The molecule has 0 radical (unpaired) electrons. The van der Waals surface area contributed by atoms with Gasteiger partial charge in [0.05, 0.1) is 23.7 Å². The van der Waals surface area contributed by atoms with E-state index in [1.807, 2.05) is 0 Å². The number of amides is 1. The molecule has 9 heteroatoms. The molecule has 9 nitrogen and oxygen atoms in total. The summed E-state index contributed by atoms with van der Waals surface area (Å²) in [5.74, 6) is -0.486. The van der Waals surface area contributed by atoms with E-state index >= 15 is 0 Å². The van der Waals surface area contributed by atoms with Crippen molar-refractivity contribution in [3.05, 3.63) is 21.5 Å². The number of carbonyl (C=O) groups excluding carboxylic acids is 1. The minimum atomic E-state index is -1.10. The van der Waals surface area contributed by atoms with E-state index in [1.165, 1.54) is 18.5 Å². The van der Waals surface area contributed by atoms with Crippen molar-refractivity contribution >= 4 is 11.6 Å². The highest BCUT2D eigenvalue weighted by atomic mass is 16.6. The quantitative estimate of drug-likeness (QED) is 0.466. The second-order valence-electron chi connectivity index (χ2n) is 4.93. The van der Waals surface area contributed by atoms with E-state index in [2.05, 4.69) is 10.4 Å². The Balaban J connectivity index is 2.90. The van der Waals surface area contributed by atoms with E-state index in [-0.39, 0.29) is 23.6 Å². The van der Waals surface area contributed by atoms with Crippen LogP contribution in [0.1, 0.15) is 24.7 Å². The van der Waals surface area contributed by atoms with Crippen LogP contribution in [0.25, 0.3) is 0 Å². The maximum Gasteiger partial charge on any atom is 0.312 e. The van der Waals surface area contributed by atoms with E-state index in [0.29, 0.717) is 6.42 Å². The summed E-state index contributed by atoms with van der Waals surface area (Å²) < 4.78 is 1.23. The van der Waals surface area contributed by atoms with Gasteiger partial charge in [0, 0.05) is 0 Å². The predicted molar refractivity (Wildman–Crippen MR) is 73.7 cm³/mol. The van der Waals surface area contributed by atoms with Crippen molar-refractivity contribution in [3.63, 3.8) is 0 Å². The van der Waals surface area contributed by atoms with Crippen molar-refractivity contribution in [1.29, 1.82) is 0 Å². The molecule has 118 valence electrons. The lowest BCUT2D eigenvalue weighted by atomic mass is 9.98. The number of aliphatic hydroxyl groups excluding tert-OH is 2. The highest BCUT2D eigenvalue weighted by Crippen LogP contribution is 2.21. The minimum absolute atomic E-state index is 0.117. The van der Waals surface area contributed by atoms with E-state index in [0.717, 1.165) is 0 Å². The maximum absolute atomic E-state index is 12.0. The van der Waals surface area contributed by atoms with Crippen LogP contribution in [0.2, 0.25) is 0 Å². The number of aryl methyl sites for hydroxylation is 1. The van der Waals surface area contributed by atoms with Crippen LogP contribution in [-0.2, 0) is 11.3 Å². The van der Waals surface area contributed by atoms with Crippen molar-refractivity contribution in [2.45, 2.75) is 39.3 Å². The van der Waals surface area contributed by atoms with Crippen molar-refractivity contribution in [2.24, 2.45) is 0 Å². The first-order valence-electron chi connectivity index (χ1n) is 6.51. The smallest absolute Gasteiger partial charge is 0.312 e. The number of nitro groups is 1. The van der Waals surface area contributed by atoms with Crippen LogP contribution in [0.4, 0.5) is 5.69 Å². The Morgan fingerprint density at radius 2 is 2.00 bits per heavy atom. The molecule has 0 aliphatic rings. The van der Waals surface area contributed by atoms with Crippen LogP contribution in [0, 0.1) is 24.0 Å². The summed E-state index contributed by atoms with van der Waals surface area (Å²) in [4.78, 5) is 22.3. The molecule has 0 atom stereocenters. The normalized spacial score (nSPS) is 11.5. The monoisotopic (exact) mass is 300 g/mol.